The average molecular weight is 419 g/mol. The summed E-state index contributed by atoms with van der Waals surface area (Å²) in [7, 11) is 0. The summed E-state index contributed by atoms with van der Waals surface area (Å²) in [6.45, 7) is 0.397. The topological polar surface area (TPSA) is 76.1 Å². The normalized spacial score (nSPS) is 19.5. The number of hydrogen-bond donors (Lipinski definition) is 1. The molecule has 2 aliphatic heterocycles. The first kappa shape index (κ1) is 18.4. The molecule has 3 heterocycles. The Labute approximate surface area is 176 Å². The number of amides is 1. The quantitative estimate of drug-likeness (QED) is 0.392. The van der Waals surface area contributed by atoms with Crippen molar-refractivity contribution in [2.24, 2.45) is 0 Å². The molecule has 1 atom stereocenters. The highest BCUT2D eigenvalue weighted by atomic mass is 32.1. The van der Waals surface area contributed by atoms with Gasteiger partial charge in [0.25, 0.3) is 11.7 Å². The van der Waals surface area contributed by atoms with Crippen LogP contribution in [0.1, 0.15) is 22.0 Å². The van der Waals surface area contributed by atoms with Crippen molar-refractivity contribution >= 4 is 28.8 Å². The Morgan fingerprint density at radius 3 is 2.60 bits per heavy atom. The molecule has 7 heteroatoms. The highest BCUT2D eigenvalue weighted by Gasteiger charge is 2.46. The number of carbonyl (C=O) groups is 2. The van der Waals surface area contributed by atoms with Crippen LogP contribution >= 0.6 is 11.3 Å². The number of aliphatic hydroxyl groups excluding tert-OH is 1. The van der Waals surface area contributed by atoms with Gasteiger partial charge in [-0.05, 0) is 35.2 Å². The molecule has 5 rings (SSSR count). The van der Waals surface area contributed by atoms with E-state index in [9.17, 15) is 14.7 Å². The number of benzene rings is 2. The van der Waals surface area contributed by atoms with E-state index >= 15 is 0 Å². The minimum atomic E-state index is -0.699. The molecule has 3 aromatic rings. The van der Waals surface area contributed by atoms with E-state index in [1.54, 1.807) is 18.2 Å². The van der Waals surface area contributed by atoms with Crippen molar-refractivity contribution < 1.29 is 24.2 Å². The van der Waals surface area contributed by atoms with Crippen LogP contribution in [0.4, 0.5) is 0 Å². The number of ketones is 1. The highest BCUT2D eigenvalue weighted by molar-refractivity contribution is 7.09. The van der Waals surface area contributed by atoms with Crippen LogP contribution in [0.2, 0.25) is 0 Å². The van der Waals surface area contributed by atoms with Crippen LogP contribution in [0.3, 0.4) is 0 Å². The van der Waals surface area contributed by atoms with E-state index in [0.717, 1.165) is 10.4 Å². The van der Waals surface area contributed by atoms with Crippen molar-refractivity contribution in [3.63, 3.8) is 0 Å². The Morgan fingerprint density at radius 1 is 1.03 bits per heavy atom. The van der Waals surface area contributed by atoms with Crippen LogP contribution < -0.4 is 9.47 Å². The number of Topliss-reactive ketones (excluding diaryl/α,β-unsaturated/α-hetero) is 1. The maximum Gasteiger partial charge on any atom is 0.295 e. The minimum Gasteiger partial charge on any atom is -0.507 e. The summed E-state index contributed by atoms with van der Waals surface area (Å²) in [6, 6.07) is 17.4. The van der Waals surface area contributed by atoms with E-state index in [-0.39, 0.29) is 18.1 Å². The van der Waals surface area contributed by atoms with Gasteiger partial charge in [0.15, 0.2) is 11.5 Å². The molecule has 1 fully saturated rings. The van der Waals surface area contributed by atoms with Crippen LogP contribution in [0, 0.1) is 0 Å². The predicted molar refractivity (Wildman–Crippen MR) is 111 cm³/mol. The van der Waals surface area contributed by atoms with Crippen LogP contribution in [0.5, 0.6) is 11.5 Å². The summed E-state index contributed by atoms with van der Waals surface area (Å²) in [5.74, 6) is -0.489. The molecular formula is C23H17NO5S. The van der Waals surface area contributed by atoms with Crippen LogP contribution in [-0.4, -0.2) is 28.5 Å². The summed E-state index contributed by atoms with van der Waals surface area (Å²) < 4.78 is 10.7. The van der Waals surface area contributed by atoms with E-state index in [0.29, 0.717) is 23.6 Å². The van der Waals surface area contributed by atoms with Crippen molar-refractivity contribution in [2.45, 2.75) is 12.6 Å². The molecule has 0 radical (unpaired) electrons. The lowest BCUT2D eigenvalue weighted by molar-refractivity contribution is -0.140. The van der Waals surface area contributed by atoms with Crippen molar-refractivity contribution in [3.05, 3.63) is 87.6 Å². The highest BCUT2D eigenvalue weighted by Crippen LogP contribution is 2.42. The third-order valence-electron chi connectivity index (χ3n) is 5.21. The number of carbonyl (C=O) groups excluding carboxylic acids is 2. The van der Waals surface area contributed by atoms with E-state index in [4.69, 9.17) is 9.47 Å². The summed E-state index contributed by atoms with van der Waals surface area (Å²) in [6.07, 6.45) is 0. The van der Waals surface area contributed by atoms with E-state index in [2.05, 4.69) is 0 Å². The Balaban J connectivity index is 1.64. The molecule has 2 aliphatic rings. The van der Waals surface area contributed by atoms with Gasteiger partial charge in [0, 0.05) is 10.4 Å². The maximum atomic E-state index is 13.0. The number of thiophene rings is 1. The summed E-state index contributed by atoms with van der Waals surface area (Å²) in [4.78, 5) is 28.4. The standard InChI is InChI=1S/C23H17NO5S/c25-21(15-8-9-17-18(11-15)29-13-28-17)19-20(14-5-2-1-3-6-14)24(23(27)22(19)26)12-16-7-4-10-30-16/h1-11,20,25H,12-13H2/b21-19-. The number of nitrogens with zero attached hydrogens (tertiary/aromatic N) is 1. The van der Waals surface area contributed by atoms with Gasteiger partial charge >= 0.3 is 0 Å². The number of likely N-dealkylation sites (tertiary alicyclic amines) is 1. The number of ether oxygens (including phenoxy) is 2. The minimum absolute atomic E-state index is 0.0709. The zero-order chi connectivity index (χ0) is 20.7. The second-order valence-electron chi connectivity index (χ2n) is 6.99. The largest absolute Gasteiger partial charge is 0.507 e. The van der Waals surface area contributed by atoms with Crippen LogP contribution in [0.25, 0.3) is 5.76 Å². The molecule has 30 heavy (non-hydrogen) atoms. The molecule has 0 aliphatic carbocycles. The number of hydrogen-bond acceptors (Lipinski definition) is 6. The third-order valence-corrected chi connectivity index (χ3v) is 6.07. The summed E-state index contributed by atoms with van der Waals surface area (Å²) >= 11 is 1.52. The number of fused-ring (bicyclic) bond motifs is 1. The van der Waals surface area contributed by atoms with Gasteiger partial charge in [-0.3, -0.25) is 9.59 Å². The molecule has 1 aromatic heterocycles. The SMILES string of the molecule is O=C1C(=O)N(Cc2cccs2)C(c2ccccc2)/C1=C(/O)c1ccc2c(c1)OCO2. The van der Waals surface area contributed by atoms with Gasteiger partial charge < -0.3 is 19.5 Å². The van der Waals surface area contributed by atoms with Gasteiger partial charge in [-0.25, -0.2) is 0 Å². The summed E-state index contributed by atoms with van der Waals surface area (Å²) in [5.41, 5.74) is 1.23. The fraction of sp³-hybridized carbons (Fsp3) is 0.130. The zero-order valence-electron chi connectivity index (χ0n) is 15.8. The molecule has 150 valence electrons. The molecule has 1 amide bonds. The molecule has 0 bridgehead atoms. The third kappa shape index (κ3) is 3.04. The molecule has 6 nitrogen and oxygen atoms in total. The smallest absolute Gasteiger partial charge is 0.295 e. The average Bonchev–Trinajstić information content (AvgIpc) is 3.50. The lowest BCUT2D eigenvalue weighted by Gasteiger charge is -2.24. The van der Waals surface area contributed by atoms with E-state index in [1.807, 2.05) is 47.8 Å². The molecular weight excluding hydrogens is 402 g/mol. The second-order valence-corrected chi connectivity index (χ2v) is 8.02. The van der Waals surface area contributed by atoms with Gasteiger partial charge in [-0.2, -0.15) is 0 Å². The number of rotatable bonds is 4. The maximum absolute atomic E-state index is 13.0. The first-order valence-electron chi connectivity index (χ1n) is 9.39. The van der Waals surface area contributed by atoms with Crippen molar-refractivity contribution in [2.75, 3.05) is 6.79 Å². The van der Waals surface area contributed by atoms with E-state index in [1.165, 1.54) is 16.2 Å². The second kappa shape index (κ2) is 7.35. The first-order valence-corrected chi connectivity index (χ1v) is 10.3. The predicted octanol–water partition coefficient (Wildman–Crippen LogP) is 4.10. The van der Waals surface area contributed by atoms with Gasteiger partial charge in [0.05, 0.1) is 18.2 Å². The van der Waals surface area contributed by atoms with Crippen molar-refractivity contribution in [3.8, 4) is 11.5 Å². The molecule has 1 unspecified atom stereocenters. The van der Waals surface area contributed by atoms with Crippen LogP contribution in [-0.2, 0) is 16.1 Å². The van der Waals surface area contributed by atoms with Gasteiger partial charge in [0.2, 0.25) is 6.79 Å². The monoisotopic (exact) mass is 419 g/mol. The molecule has 0 saturated carbocycles. The lowest BCUT2D eigenvalue weighted by atomic mass is 9.95. The molecule has 1 N–H and O–H groups in total. The van der Waals surface area contributed by atoms with Gasteiger partial charge in [-0.15, -0.1) is 11.3 Å². The molecule has 0 spiro atoms. The van der Waals surface area contributed by atoms with Crippen molar-refractivity contribution in [1.29, 1.82) is 0 Å². The van der Waals surface area contributed by atoms with Crippen molar-refractivity contribution in [1.82, 2.24) is 4.90 Å². The van der Waals surface area contributed by atoms with E-state index < -0.39 is 17.7 Å². The van der Waals surface area contributed by atoms with Gasteiger partial charge in [-0.1, -0.05) is 36.4 Å². The fourth-order valence-electron chi connectivity index (χ4n) is 3.79. The summed E-state index contributed by atoms with van der Waals surface area (Å²) in [5, 5.41) is 13.0. The zero-order valence-corrected chi connectivity index (χ0v) is 16.6. The first-order chi connectivity index (χ1) is 14.6. The Kier molecular flexibility index (Phi) is 4.52. The fourth-order valence-corrected chi connectivity index (χ4v) is 4.50. The van der Waals surface area contributed by atoms with Crippen LogP contribution in [0.15, 0.2) is 71.6 Å². The lowest BCUT2D eigenvalue weighted by Crippen LogP contribution is -2.28. The Bertz CT molecular complexity index is 1150. The number of aliphatic hydroxyl groups is 1. The molecule has 1 saturated heterocycles. The van der Waals surface area contributed by atoms with Gasteiger partial charge in [0.1, 0.15) is 5.76 Å². The molecule has 2 aromatic carbocycles. The Morgan fingerprint density at radius 2 is 1.83 bits per heavy atom. The Hall–Kier alpha value is -3.58.